The second-order valence-corrected chi connectivity index (χ2v) is 4.24. The summed E-state index contributed by atoms with van der Waals surface area (Å²) in [6.45, 7) is 4.04. The first-order chi connectivity index (χ1) is 7.25. The highest BCUT2D eigenvalue weighted by Gasteiger charge is 2.19. The van der Waals surface area contributed by atoms with E-state index >= 15 is 0 Å². The highest BCUT2D eigenvalue weighted by atomic mass is 15.2. The van der Waals surface area contributed by atoms with Gasteiger partial charge in [-0.1, -0.05) is 0 Å². The van der Waals surface area contributed by atoms with Crippen LogP contribution in [0.5, 0.6) is 0 Å². The lowest BCUT2D eigenvalue weighted by molar-refractivity contribution is 0.671. The molecule has 1 heterocycles. The molecule has 0 bridgehead atoms. The number of hydrogen-bond donors (Lipinski definition) is 1. The molecule has 1 aliphatic carbocycles. The maximum absolute atomic E-state index is 4.10. The molecular formula is C11H18N4. The molecule has 1 aromatic heterocycles. The molecule has 1 aliphatic rings. The van der Waals surface area contributed by atoms with Gasteiger partial charge in [-0.2, -0.15) is 5.10 Å². The molecule has 0 radical (unpaired) electrons. The van der Waals surface area contributed by atoms with E-state index in [1.165, 1.54) is 12.8 Å². The molecule has 0 spiro atoms. The third-order valence-electron chi connectivity index (χ3n) is 2.63. The van der Waals surface area contributed by atoms with E-state index in [-0.39, 0.29) is 0 Å². The predicted molar refractivity (Wildman–Crippen MR) is 61.1 cm³/mol. The van der Waals surface area contributed by atoms with E-state index in [1.807, 2.05) is 6.92 Å². The summed E-state index contributed by atoms with van der Waals surface area (Å²) in [5.41, 5.74) is 1.15. The molecule has 0 aromatic carbocycles. The van der Waals surface area contributed by atoms with Crippen LogP contribution < -0.4 is 10.2 Å². The lowest BCUT2D eigenvalue weighted by atomic mass is 10.3. The van der Waals surface area contributed by atoms with Gasteiger partial charge in [0.25, 0.3) is 0 Å². The van der Waals surface area contributed by atoms with Crippen LogP contribution in [0.25, 0.3) is 0 Å². The second-order valence-electron chi connectivity index (χ2n) is 4.24. The smallest absolute Gasteiger partial charge is 0.151 e. The molecule has 1 fully saturated rings. The third-order valence-corrected chi connectivity index (χ3v) is 2.63. The van der Waals surface area contributed by atoms with Crippen LogP contribution in [0.4, 0.5) is 5.82 Å². The van der Waals surface area contributed by atoms with E-state index in [1.54, 1.807) is 6.20 Å². The van der Waals surface area contributed by atoms with Crippen LogP contribution in [0.15, 0.2) is 12.3 Å². The maximum Gasteiger partial charge on any atom is 0.151 e. The van der Waals surface area contributed by atoms with Crippen molar-refractivity contribution < 1.29 is 0 Å². The summed E-state index contributed by atoms with van der Waals surface area (Å²) in [7, 11) is 2.05. The molecule has 0 amide bonds. The SMILES string of the molecule is Cc1cnnc(N(C)CCNC2CC2)c1. The zero-order valence-electron chi connectivity index (χ0n) is 9.40. The highest BCUT2D eigenvalue weighted by Crippen LogP contribution is 2.18. The summed E-state index contributed by atoms with van der Waals surface area (Å²) in [6.07, 6.45) is 4.46. The quantitative estimate of drug-likeness (QED) is 0.779. The van der Waals surface area contributed by atoms with Gasteiger partial charge in [-0.15, -0.1) is 5.10 Å². The van der Waals surface area contributed by atoms with Crippen LogP contribution in [0.1, 0.15) is 18.4 Å². The van der Waals surface area contributed by atoms with E-state index < -0.39 is 0 Å². The molecule has 0 aliphatic heterocycles. The lowest BCUT2D eigenvalue weighted by Crippen LogP contribution is -2.30. The first-order valence-corrected chi connectivity index (χ1v) is 5.49. The van der Waals surface area contributed by atoms with E-state index in [2.05, 4.69) is 33.5 Å². The maximum atomic E-state index is 4.10. The van der Waals surface area contributed by atoms with Gasteiger partial charge in [-0.25, -0.2) is 0 Å². The Hall–Kier alpha value is -1.16. The molecule has 0 saturated heterocycles. The normalized spacial score (nSPS) is 15.3. The molecule has 0 atom stereocenters. The van der Waals surface area contributed by atoms with Crippen molar-refractivity contribution in [3.05, 3.63) is 17.8 Å². The number of anilines is 1. The van der Waals surface area contributed by atoms with Gasteiger partial charge in [-0.3, -0.25) is 0 Å². The molecule has 82 valence electrons. The standard InChI is InChI=1S/C11H18N4/c1-9-7-11(14-13-8-9)15(2)6-5-12-10-3-4-10/h7-8,10,12H,3-6H2,1-2H3. The minimum atomic E-state index is 0.780. The number of nitrogens with one attached hydrogen (secondary N) is 1. The van der Waals surface area contributed by atoms with Crippen LogP contribution in [-0.2, 0) is 0 Å². The van der Waals surface area contributed by atoms with E-state index in [0.717, 1.165) is 30.5 Å². The number of aryl methyl sites for hydroxylation is 1. The molecule has 4 heteroatoms. The fraction of sp³-hybridized carbons (Fsp3) is 0.636. The van der Waals surface area contributed by atoms with Gasteiger partial charge in [0.1, 0.15) is 0 Å². The van der Waals surface area contributed by atoms with Gasteiger partial charge in [0.05, 0.1) is 6.20 Å². The first-order valence-electron chi connectivity index (χ1n) is 5.49. The van der Waals surface area contributed by atoms with Crippen LogP contribution >= 0.6 is 0 Å². The summed E-state index contributed by atoms with van der Waals surface area (Å²) in [6, 6.07) is 2.84. The Bertz CT molecular complexity index is 322. The zero-order chi connectivity index (χ0) is 10.7. The van der Waals surface area contributed by atoms with Crippen LogP contribution in [0, 0.1) is 6.92 Å². The molecule has 1 aromatic rings. The van der Waals surface area contributed by atoms with Crippen molar-refractivity contribution in [3.8, 4) is 0 Å². The zero-order valence-corrected chi connectivity index (χ0v) is 9.40. The minimum absolute atomic E-state index is 0.780. The number of rotatable bonds is 5. The third kappa shape index (κ3) is 3.16. The number of likely N-dealkylation sites (N-methyl/N-ethyl adjacent to an activating group) is 1. The first kappa shape index (κ1) is 10.4. The van der Waals surface area contributed by atoms with Crippen molar-refractivity contribution in [2.75, 3.05) is 25.0 Å². The number of hydrogen-bond acceptors (Lipinski definition) is 4. The molecule has 1 N–H and O–H groups in total. The lowest BCUT2D eigenvalue weighted by Gasteiger charge is -2.17. The predicted octanol–water partition coefficient (Wildman–Crippen LogP) is 0.973. The van der Waals surface area contributed by atoms with Crippen molar-refractivity contribution >= 4 is 5.82 Å². The average molecular weight is 206 g/mol. The van der Waals surface area contributed by atoms with Gasteiger partial charge in [0.15, 0.2) is 5.82 Å². The Balaban J connectivity index is 1.80. The monoisotopic (exact) mass is 206 g/mol. The molecule has 15 heavy (non-hydrogen) atoms. The van der Waals surface area contributed by atoms with Gasteiger partial charge < -0.3 is 10.2 Å². The number of aromatic nitrogens is 2. The van der Waals surface area contributed by atoms with E-state index in [9.17, 15) is 0 Å². The summed E-state index contributed by atoms with van der Waals surface area (Å²) >= 11 is 0. The van der Waals surface area contributed by atoms with E-state index in [0.29, 0.717) is 0 Å². The van der Waals surface area contributed by atoms with Gasteiger partial charge in [0, 0.05) is 26.2 Å². The molecule has 1 saturated carbocycles. The Morgan fingerprint density at radius 1 is 1.53 bits per heavy atom. The Labute approximate surface area is 90.7 Å². The Kier molecular flexibility index (Phi) is 3.16. The van der Waals surface area contributed by atoms with E-state index in [4.69, 9.17) is 0 Å². The fourth-order valence-electron chi connectivity index (χ4n) is 1.47. The summed E-state index contributed by atoms with van der Waals surface area (Å²) < 4.78 is 0. The molecular weight excluding hydrogens is 188 g/mol. The van der Waals surface area contributed by atoms with Crippen LogP contribution in [0.3, 0.4) is 0 Å². The van der Waals surface area contributed by atoms with Gasteiger partial charge in [-0.05, 0) is 31.4 Å². The Morgan fingerprint density at radius 2 is 2.33 bits per heavy atom. The summed E-state index contributed by atoms with van der Waals surface area (Å²) in [5.74, 6) is 0.951. The molecule has 2 rings (SSSR count). The van der Waals surface area contributed by atoms with Crippen molar-refractivity contribution in [2.45, 2.75) is 25.8 Å². The average Bonchev–Trinajstić information content (AvgIpc) is 3.01. The molecule has 4 nitrogen and oxygen atoms in total. The second kappa shape index (κ2) is 4.57. The Morgan fingerprint density at radius 3 is 3.00 bits per heavy atom. The van der Waals surface area contributed by atoms with Crippen molar-refractivity contribution in [3.63, 3.8) is 0 Å². The van der Waals surface area contributed by atoms with Crippen molar-refractivity contribution in [2.24, 2.45) is 0 Å². The largest absolute Gasteiger partial charge is 0.357 e. The molecule has 0 unspecified atom stereocenters. The van der Waals surface area contributed by atoms with Crippen molar-refractivity contribution in [1.29, 1.82) is 0 Å². The minimum Gasteiger partial charge on any atom is -0.357 e. The van der Waals surface area contributed by atoms with Gasteiger partial charge >= 0.3 is 0 Å². The van der Waals surface area contributed by atoms with Crippen LogP contribution in [-0.4, -0.2) is 36.4 Å². The highest BCUT2D eigenvalue weighted by molar-refractivity contribution is 5.37. The topological polar surface area (TPSA) is 41.1 Å². The van der Waals surface area contributed by atoms with Gasteiger partial charge in [0.2, 0.25) is 0 Å². The fourth-order valence-corrected chi connectivity index (χ4v) is 1.47. The summed E-state index contributed by atoms with van der Waals surface area (Å²) in [4.78, 5) is 2.13. The number of nitrogens with zero attached hydrogens (tertiary/aromatic N) is 3. The van der Waals surface area contributed by atoms with Crippen LogP contribution in [0.2, 0.25) is 0 Å². The summed E-state index contributed by atoms with van der Waals surface area (Å²) in [5, 5.41) is 11.5. The van der Waals surface area contributed by atoms with Crippen molar-refractivity contribution in [1.82, 2.24) is 15.5 Å².